The van der Waals surface area contributed by atoms with Gasteiger partial charge in [0.1, 0.15) is 12.3 Å². The first kappa shape index (κ1) is 16.5. The van der Waals surface area contributed by atoms with Gasteiger partial charge in [-0.1, -0.05) is 23.4 Å². The van der Waals surface area contributed by atoms with E-state index in [9.17, 15) is 4.79 Å². The zero-order valence-corrected chi connectivity index (χ0v) is 14.3. The summed E-state index contributed by atoms with van der Waals surface area (Å²) >= 11 is 0. The minimum absolute atomic E-state index is 0.0977. The largest absolute Gasteiger partial charge is 0.493 e. The summed E-state index contributed by atoms with van der Waals surface area (Å²) in [4.78, 5) is 14.4. The van der Waals surface area contributed by atoms with Gasteiger partial charge in [0, 0.05) is 25.2 Å². The molecule has 1 aromatic heterocycles. The molecule has 0 spiro atoms. The third kappa shape index (κ3) is 4.13. The average Bonchev–Trinajstić information content (AvgIpc) is 2.99. The summed E-state index contributed by atoms with van der Waals surface area (Å²) in [6.45, 7) is 6.38. The molecule has 1 saturated heterocycles. The highest BCUT2D eigenvalue weighted by atomic mass is 16.5. The molecule has 0 bridgehead atoms. The lowest BCUT2D eigenvalue weighted by atomic mass is 9.99. The maximum absolute atomic E-state index is 12.4. The Hall–Kier alpha value is -2.37. The first-order valence-electron chi connectivity index (χ1n) is 8.45. The van der Waals surface area contributed by atoms with Crippen molar-refractivity contribution in [2.24, 2.45) is 5.92 Å². The van der Waals surface area contributed by atoms with Crippen molar-refractivity contribution in [1.82, 2.24) is 19.9 Å². The summed E-state index contributed by atoms with van der Waals surface area (Å²) in [5.74, 6) is 1.40. The number of ether oxygens (including phenoxy) is 1. The number of carbonyl (C=O) groups excluding carboxylic acids is 1. The first-order valence-corrected chi connectivity index (χ1v) is 8.45. The lowest BCUT2D eigenvalue weighted by molar-refractivity contribution is -0.134. The van der Waals surface area contributed by atoms with Crippen LogP contribution in [0.25, 0.3) is 0 Å². The number of benzene rings is 1. The lowest BCUT2D eigenvalue weighted by Gasteiger charge is -2.32. The molecular weight excluding hydrogens is 304 g/mol. The standard InChI is InChI=1S/C18H24N4O2/c1-14-6-3-4-8-17(14)24-13-16-7-5-9-21(11-16)18(23)12-22-10-15(2)19-20-22/h3-4,6,8,10,16H,5,7,9,11-13H2,1-2H3. The van der Waals surface area contributed by atoms with Crippen LogP contribution in [-0.4, -0.2) is 45.5 Å². The normalized spacial score (nSPS) is 17.8. The predicted octanol–water partition coefficient (Wildman–Crippen LogP) is 2.21. The number of piperidine rings is 1. The average molecular weight is 328 g/mol. The molecule has 1 aromatic carbocycles. The molecule has 0 radical (unpaired) electrons. The van der Waals surface area contributed by atoms with Crippen LogP contribution in [0.2, 0.25) is 0 Å². The summed E-state index contributed by atoms with van der Waals surface area (Å²) in [5, 5.41) is 7.87. The van der Waals surface area contributed by atoms with Crippen LogP contribution in [-0.2, 0) is 11.3 Å². The van der Waals surface area contributed by atoms with Gasteiger partial charge in [0.15, 0.2) is 0 Å². The first-order chi connectivity index (χ1) is 11.6. The van der Waals surface area contributed by atoms with E-state index < -0.39 is 0 Å². The Morgan fingerprint density at radius 2 is 2.17 bits per heavy atom. The maximum atomic E-state index is 12.4. The van der Waals surface area contributed by atoms with Crippen molar-refractivity contribution in [2.75, 3.05) is 19.7 Å². The predicted molar refractivity (Wildman–Crippen MR) is 90.7 cm³/mol. The highest BCUT2D eigenvalue weighted by Gasteiger charge is 2.24. The molecule has 6 nitrogen and oxygen atoms in total. The Balaban J connectivity index is 1.52. The topological polar surface area (TPSA) is 60.2 Å². The fourth-order valence-corrected chi connectivity index (χ4v) is 3.06. The second-order valence-electron chi connectivity index (χ2n) is 6.48. The van der Waals surface area contributed by atoms with Gasteiger partial charge in [-0.2, -0.15) is 0 Å². The Bertz CT molecular complexity index is 698. The molecule has 1 aliphatic rings. The SMILES string of the molecule is Cc1cn(CC(=O)N2CCCC(COc3ccccc3C)C2)nn1. The number of rotatable bonds is 5. The Morgan fingerprint density at radius 3 is 2.92 bits per heavy atom. The molecule has 24 heavy (non-hydrogen) atoms. The Labute approximate surface area is 142 Å². The van der Waals surface area contributed by atoms with Gasteiger partial charge < -0.3 is 9.64 Å². The number of aryl methyl sites for hydroxylation is 2. The molecule has 3 rings (SSSR count). The van der Waals surface area contributed by atoms with Crippen molar-refractivity contribution >= 4 is 5.91 Å². The number of nitrogens with zero attached hydrogens (tertiary/aromatic N) is 4. The molecule has 1 unspecified atom stereocenters. The second kappa shape index (κ2) is 7.47. The van der Waals surface area contributed by atoms with E-state index in [0.717, 1.165) is 42.9 Å². The summed E-state index contributed by atoms with van der Waals surface area (Å²) < 4.78 is 7.56. The number of hydrogen-bond acceptors (Lipinski definition) is 4. The Morgan fingerprint density at radius 1 is 1.33 bits per heavy atom. The number of amides is 1. The van der Waals surface area contributed by atoms with Crippen LogP contribution in [0, 0.1) is 19.8 Å². The highest BCUT2D eigenvalue weighted by molar-refractivity contribution is 5.76. The van der Waals surface area contributed by atoms with E-state index in [1.165, 1.54) is 0 Å². The highest BCUT2D eigenvalue weighted by Crippen LogP contribution is 2.21. The molecular formula is C18H24N4O2. The van der Waals surface area contributed by atoms with Gasteiger partial charge in [-0.3, -0.25) is 4.79 Å². The van der Waals surface area contributed by atoms with E-state index in [1.54, 1.807) is 10.9 Å². The van der Waals surface area contributed by atoms with Crippen molar-refractivity contribution in [3.63, 3.8) is 0 Å². The summed E-state index contributed by atoms with van der Waals surface area (Å²) in [7, 11) is 0. The van der Waals surface area contributed by atoms with Gasteiger partial charge in [0.2, 0.25) is 5.91 Å². The molecule has 2 aromatic rings. The number of likely N-dealkylation sites (tertiary alicyclic amines) is 1. The number of carbonyl (C=O) groups is 1. The second-order valence-corrected chi connectivity index (χ2v) is 6.48. The zero-order chi connectivity index (χ0) is 16.9. The van der Waals surface area contributed by atoms with Crippen molar-refractivity contribution < 1.29 is 9.53 Å². The van der Waals surface area contributed by atoms with Crippen molar-refractivity contribution in [1.29, 1.82) is 0 Å². The van der Waals surface area contributed by atoms with Crippen LogP contribution < -0.4 is 4.74 Å². The van der Waals surface area contributed by atoms with E-state index in [0.29, 0.717) is 12.5 Å². The molecule has 1 amide bonds. The van der Waals surface area contributed by atoms with E-state index in [4.69, 9.17) is 4.74 Å². The zero-order valence-electron chi connectivity index (χ0n) is 14.3. The minimum atomic E-state index is 0.0977. The van der Waals surface area contributed by atoms with Crippen LogP contribution in [0.5, 0.6) is 5.75 Å². The smallest absolute Gasteiger partial charge is 0.244 e. The quantitative estimate of drug-likeness (QED) is 0.844. The third-order valence-corrected chi connectivity index (χ3v) is 4.39. The molecule has 2 heterocycles. The molecule has 0 N–H and O–H groups in total. The fourth-order valence-electron chi connectivity index (χ4n) is 3.06. The van der Waals surface area contributed by atoms with Gasteiger partial charge >= 0.3 is 0 Å². The maximum Gasteiger partial charge on any atom is 0.244 e. The molecule has 0 saturated carbocycles. The van der Waals surface area contributed by atoms with Crippen molar-refractivity contribution in [2.45, 2.75) is 33.2 Å². The van der Waals surface area contributed by atoms with Crippen LogP contribution in [0.3, 0.4) is 0 Å². The van der Waals surface area contributed by atoms with Crippen LogP contribution in [0.1, 0.15) is 24.1 Å². The number of para-hydroxylation sites is 1. The molecule has 1 atom stereocenters. The summed E-state index contributed by atoms with van der Waals surface area (Å²) in [6.07, 6.45) is 3.91. The number of aromatic nitrogens is 3. The minimum Gasteiger partial charge on any atom is -0.493 e. The van der Waals surface area contributed by atoms with Gasteiger partial charge in [-0.05, 0) is 38.3 Å². The lowest BCUT2D eigenvalue weighted by Crippen LogP contribution is -2.43. The molecule has 1 aliphatic heterocycles. The van der Waals surface area contributed by atoms with E-state index in [1.807, 2.05) is 43.0 Å². The van der Waals surface area contributed by atoms with Crippen LogP contribution in [0.15, 0.2) is 30.5 Å². The van der Waals surface area contributed by atoms with Gasteiger partial charge in [-0.25, -0.2) is 4.68 Å². The van der Waals surface area contributed by atoms with E-state index in [-0.39, 0.29) is 12.5 Å². The Kier molecular flexibility index (Phi) is 5.13. The van der Waals surface area contributed by atoms with Crippen molar-refractivity contribution in [3.8, 4) is 5.75 Å². The van der Waals surface area contributed by atoms with Gasteiger partial charge in [0.25, 0.3) is 0 Å². The fraction of sp³-hybridized carbons (Fsp3) is 0.500. The molecule has 0 aliphatic carbocycles. The summed E-state index contributed by atoms with van der Waals surface area (Å²) in [5.41, 5.74) is 1.97. The molecule has 128 valence electrons. The van der Waals surface area contributed by atoms with Gasteiger partial charge in [0.05, 0.1) is 12.3 Å². The summed E-state index contributed by atoms with van der Waals surface area (Å²) in [6, 6.07) is 8.04. The number of hydrogen-bond donors (Lipinski definition) is 0. The molecule has 1 fully saturated rings. The third-order valence-electron chi connectivity index (χ3n) is 4.39. The van der Waals surface area contributed by atoms with Crippen LogP contribution >= 0.6 is 0 Å². The van der Waals surface area contributed by atoms with Crippen molar-refractivity contribution in [3.05, 3.63) is 41.7 Å². The monoisotopic (exact) mass is 328 g/mol. The van der Waals surface area contributed by atoms with E-state index in [2.05, 4.69) is 10.3 Å². The molecule has 6 heteroatoms. The van der Waals surface area contributed by atoms with E-state index >= 15 is 0 Å². The van der Waals surface area contributed by atoms with Gasteiger partial charge in [-0.15, -0.1) is 5.10 Å². The van der Waals surface area contributed by atoms with Crippen LogP contribution in [0.4, 0.5) is 0 Å².